The zero-order chi connectivity index (χ0) is 18.8. The number of nitrogens with zero attached hydrogens (tertiary/aromatic N) is 1. The van der Waals surface area contributed by atoms with Gasteiger partial charge in [0.25, 0.3) is 5.91 Å². The molecular weight excluding hydrogens is 336 g/mol. The zero-order valence-corrected chi connectivity index (χ0v) is 15.5. The highest BCUT2D eigenvalue weighted by Crippen LogP contribution is 2.24. The molecule has 1 atom stereocenters. The molecule has 27 heavy (non-hydrogen) atoms. The number of rotatable bonds is 5. The number of amides is 1. The van der Waals surface area contributed by atoms with Crippen LogP contribution in [0.15, 0.2) is 77.4 Å². The highest BCUT2D eigenvalue weighted by Gasteiger charge is 2.20. The molecule has 0 saturated carbocycles. The molecule has 0 aliphatic rings. The number of furan rings is 1. The monoisotopic (exact) mass is 358 g/mol. The average Bonchev–Trinajstić information content (AvgIpc) is 3.27. The Morgan fingerprint density at radius 2 is 1.81 bits per heavy atom. The fourth-order valence-corrected chi connectivity index (χ4v) is 3.39. The van der Waals surface area contributed by atoms with E-state index in [2.05, 4.69) is 24.4 Å². The van der Waals surface area contributed by atoms with Gasteiger partial charge in [0.15, 0.2) is 5.58 Å². The predicted molar refractivity (Wildman–Crippen MR) is 107 cm³/mol. The van der Waals surface area contributed by atoms with Crippen molar-refractivity contribution in [2.24, 2.45) is 0 Å². The number of hydrogen-bond donors (Lipinski definition) is 1. The van der Waals surface area contributed by atoms with Crippen molar-refractivity contribution in [3.8, 4) is 0 Å². The maximum Gasteiger partial charge on any atom is 0.268 e. The Morgan fingerprint density at radius 3 is 2.59 bits per heavy atom. The molecule has 0 aliphatic heterocycles. The first kappa shape index (κ1) is 17.2. The summed E-state index contributed by atoms with van der Waals surface area (Å²) >= 11 is 0. The lowest BCUT2D eigenvalue weighted by Gasteiger charge is -2.16. The van der Waals surface area contributed by atoms with Crippen LogP contribution in [0.3, 0.4) is 0 Å². The Kier molecular flexibility index (Phi) is 4.55. The van der Waals surface area contributed by atoms with Crippen LogP contribution >= 0.6 is 0 Å². The second-order valence-corrected chi connectivity index (χ2v) is 6.82. The van der Waals surface area contributed by atoms with Gasteiger partial charge in [-0.2, -0.15) is 0 Å². The molecule has 136 valence electrons. The molecule has 1 unspecified atom stereocenters. The van der Waals surface area contributed by atoms with E-state index in [1.165, 1.54) is 11.1 Å². The van der Waals surface area contributed by atoms with Crippen LogP contribution in [0.2, 0.25) is 0 Å². The van der Waals surface area contributed by atoms with Crippen molar-refractivity contribution >= 4 is 17.0 Å². The van der Waals surface area contributed by atoms with Gasteiger partial charge in [-0.3, -0.25) is 4.79 Å². The Bertz CT molecular complexity index is 1080. The molecule has 1 amide bonds. The van der Waals surface area contributed by atoms with Crippen LogP contribution in [0.1, 0.15) is 40.1 Å². The molecule has 0 spiro atoms. The van der Waals surface area contributed by atoms with E-state index in [1.54, 1.807) is 6.26 Å². The third-order valence-electron chi connectivity index (χ3n) is 4.99. The average molecular weight is 358 g/mol. The first-order valence-electron chi connectivity index (χ1n) is 9.10. The van der Waals surface area contributed by atoms with Crippen LogP contribution in [0, 0.1) is 6.92 Å². The van der Waals surface area contributed by atoms with E-state index in [4.69, 9.17) is 4.42 Å². The van der Waals surface area contributed by atoms with Gasteiger partial charge in [-0.05, 0) is 30.5 Å². The third-order valence-corrected chi connectivity index (χ3v) is 4.99. The summed E-state index contributed by atoms with van der Waals surface area (Å²) in [6.07, 6.45) is 1.66. The highest BCUT2D eigenvalue weighted by molar-refractivity contribution is 5.97. The summed E-state index contributed by atoms with van der Waals surface area (Å²) in [5, 5.41) is 3.10. The molecular formula is C23H22N2O2. The Labute approximate surface area is 158 Å². The predicted octanol–water partition coefficient (Wildman–Crippen LogP) is 5.08. The Balaban J connectivity index is 1.66. The highest BCUT2D eigenvalue weighted by atomic mass is 16.3. The number of nitrogens with one attached hydrogen (secondary N) is 1. The largest absolute Gasteiger partial charge is 0.463 e. The smallest absolute Gasteiger partial charge is 0.268 e. The number of aromatic nitrogens is 1. The van der Waals surface area contributed by atoms with Crippen LogP contribution in [0.5, 0.6) is 0 Å². The van der Waals surface area contributed by atoms with Crippen LogP contribution in [-0.4, -0.2) is 10.5 Å². The number of carbonyl (C=O) groups is 1. The number of benzene rings is 2. The number of carbonyl (C=O) groups excluding carboxylic acids is 1. The maximum absolute atomic E-state index is 13.0. The van der Waals surface area contributed by atoms with Gasteiger partial charge in [0.1, 0.15) is 5.69 Å². The SMILES string of the molecule is Cc1ccccc1Cn1c(C(=O)NC(C)c2ccccc2)cc2occc21. The second-order valence-electron chi connectivity index (χ2n) is 6.82. The van der Waals surface area contributed by atoms with Gasteiger partial charge in [0.2, 0.25) is 0 Å². The van der Waals surface area contributed by atoms with Gasteiger partial charge in [-0.1, -0.05) is 54.6 Å². The van der Waals surface area contributed by atoms with Crippen LogP contribution in [0.25, 0.3) is 11.1 Å². The van der Waals surface area contributed by atoms with E-state index in [9.17, 15) is 4.79 Å². The van der Waals surface area contributed by atoms with Crippen molar-refractivity contribution < 1.29 is 9.21 Å². The van der Waals surface area contributed by atoms with E-state index in [-0.39, 0.29) is 11.9 Å². The van der Waals surface area contributed by atoms with E-state index < -0.39 is 0 Å². The molecule has 0 saturated heterocycles. The lowest BCUT2D eigenvalue weighted by atomic mass is 10.1. The van der Waals surface area contributed by atoms with Crippen molar-refractivity contribution in [3.05, 3.63) is 95.4 Å². The molecule has 1 N–H and O–H groups in total. The van der Waals surface area contributed by atoms with Crippen molar-refractivity contribution in [3.63, 3.8) is 0 Å². The first-order valence-corrected chi connectivity index (χ1v) is 9.10. The summed E-state index contributed by atoms with van der Waals surface area (Å²) in [5.74, 6) is -0.105. The molecule has 2 aromatic heterocycles. The molecule has 0 fully saturated rings. The molecule has 0 radical (unpaired) electrons. The third kappa shape index (κ3) is 3.38. The molecule has 0 bridgehead atoms. The molecule has 2 aromatic carbocycles. The maximum atomic E-state index is 13.0. The van der Waals surface area contributed by atoms with Crippen LogP contribution in [0.4, 0.5) is 0 Å². The van der Waals surface area contributed by atoms with E-state index in [1.807, 2.05) is 66.1 Å². The summed E-state index contributed by atoms with van der Waals surface area (Å²) in [4.78, 5) is 13.0. The molecule has 0 aliphatic carbocycles. The number of aryl methyl sites for hydroxylation is 1. The van der Waals surface area contributed by atoms with Crippen molar-refractivity contribution in [2.75, 3.05) is 0 Å². The summed E-state index contributed by atoms with van der Waals surface area (Å²) in [5.41, 5.74) is 5.71. The molecule has 2 heterocycles. The quantitative estimate of drug-likeness (QED) is 0.541. The van der Waals surface area contributed by atoms with Crippen molar-refractivity contribution in [1.82, 2.24) is 9.88 Å². The molecule has 4 rings (SSSR count). The number of fused-ring (bicyclic) bond motifs is 1. The van der Waals surface area contributed by atoms with E-state index in [0.717, 1.165) is 16.7 Å². The van der Waals surface area contributed by atoms with Gasteiger partial charge >= 0.3 is 0 Å². The first-order chi connectivity index (χ1) is 13.1. The summed E-state index contributed by atoms with van der Waals surface area (Å²) in [6, 6.07) is 21.8. The number of hydrogen-bond acceptors (Lipinski definition) is 2. The minimum Gasteiger partial charge on any atom is -0.463 e. The van der Waals surface area contributed by atoms with Crippen molar-refractivity contribution in [2.45, 2.75) is 26.4 Å². The second kappa shape index (κ2) is 7.16. The summed E-state index contributed by atoms with van der Waals surface area (Å²) < 4.78 is 7.57. The standard InChI is InChI=1S/C23H22N2O2/c1-16-8-6-7-11-19(16)15-25-20-12-13-27-22(20)14-21(25)23(26)24-17(2)18-9-4-3-5-10-18/h3-14,17H,15H2,1-2H3,(H,24,26). The summed E-state index contributed by atoms with van der Waals surface area (Å²) in [6.45, 7) is 4.70. The van der Waals surface area contributed by atoms with E-state index >= 15 is 0 Å². The van der Waals surface area contributed by atoms with Crippen LogP contribution in [-0.2, 0) is 6.54 Å². The van der Waals surface area contributed by atoms with Gasteiger partial charge < -0.3 is 14.3 Å². The van der Waals surface area contributed by atoms with E-state index in [0.29, 0.717) is 12.2 Å². The Morgan fingerprint density at radius 1 is 1.07 bits per heavy atom. The molecule has 4 aromatic rings. The topological polar surface area (TPSA) is 47.2 Å². The zero-order valence-electron chi connectivity index (χ0n) is 15.5. The molecule has 4 nitrogen and oxygen atoms in total. The van der Waals surface area contributed by atoms with Crippen LogP contribution < -0.4 is 5.32 Å². The minimum absolute atomic E-state index is 0.0770. The minimum atomic E-state index is -0.105. The Hall–Kier alpha value is -3.27. The van der Waals surface area contributed by atoms with Crippen molar-refractivity contribution in [1.29, 1.82) is 0 Å². The van der Waals surface area contributed by atoms with Gasteiger partial charge in [0, 0.05) is 18.7 Å². The summed E-state index contributed by atoms with van der Waals surface area (Å²) in [7, 11) is 0. The van der Waals surface area contributed by atoms with Gasteiger partial charge in [0.05, 0.1) is 17.8 Å². The fraction of sp³-hybridized carbons (Fsp3) is 0.174. The van der Waals surface area contributed by atoms with Gasteiger partial charge in [-0.25, -0.2) is 0 Å². The lowest BCUT2D eigenvalue weighted by molar-refractivity contribution is 0.0931. The lowest BCUT2D eigenvalue weighted by Crippen LogP contribution is -2.28. The normalized spacial score (nSPS) is 12.2. The fourth-order valence-electron chi connectivity index (χ4n) is 3.39. The molecule has 4 heteroatoms. The van der Waals surface area contributed by atoms with Gasteiger partial charge in [-0.15, -0.1) is 0 Å².